The Bertz CT molecular complexity index is 913. The number of benzene rings is 2. The highest BCUT2D eigenvalue weighted by molar-refractivity contribution is 6.00. The topological polar surface area (TPSA) is 72.9 Å². The van der Waals surface area contributed by atoms with Gasteiger partial charge < -0.3 is 9.47 Å². The number of amides is 1. The number of cyclic esters (lactones) is 1. The molecule has 144 valence electrons. The average Bonchev–Trinajstić information content (AvgIpc) is 3.50. The van der Waals surface area contributed by atoms with Gasteiger partial charge in [0.2, 0.25) is 6.23 Å². The summed E-state index contributed by atoms with van der Waals surface area (Å²) in [7, 11) is 1.33. The van der Waals surface area contributed by atoms with Crippen molar-refractivity contribution < 1.29 is 23.9 Å². The lowest BCUT2D eigenvalue weighted by Gasteiger charge is -2.34. The quantitative estimate of drug-likeness (QED) is 0.764. The van der Waals surface area contributed by atoms with Gasteiger partial charge in [-0.2, -0.15) is 0 Å². The molecule has 28 heavy (non-hydrogen) atoms. The molecule has 2 fully saturated rings. The normalized spacial score (nSPS) is 28.6. The number of rotatable bonds is 4. The number of ether oxygens (including phenoxy) is 2. The number of methoxy groups -OCH3 is 1. The number of carbonyl (C=O) groups is 3. The van der Waals surface area contributed by atoms with Crippen molar-refractivity contribution in [3.8, 4) is 0 Å². The molecule has 0 unspecified atom stereocenters. The predicted octanol–water partition coefficient (Wildman–Crippen LogP) is 2.95. The minimum atomic E-state index is -1.24. The smallest absolute Gasteiger partial charge is 0.334 e. The molecule has 4 rings (SSSR count). The Morgan fingerprint density at radius 1 is 1.07 bits per heavy atom. The Hall–Kier alpha value is -3.15. The molecule has 1 amide bonds. The minimum absolute atomic E-state index is 0.307. The fraction of sp³-hybridized carbons (Fsp3) is 0.318. The molecule has 1 heterocycles. The van der Waals surface area contributed by atoms with E-state index in [1.807, 2.05) is 36.4 Å². The van der Waals surface area contributed by atoms with Crippen molar-refractivity contribution in [2.75, 3.05) is 7.11 Å². The van der Waals surface area contributed by atoms with E-state index in [1.54, 1.807) is 31.2 Å². The van der Waals surface area contributed by atoms with Crippen molar-refractivity contribution >= 4 is 17.8 Å². The molecular weight excluding hydrogens is 358 g/mol. The van der Waals surface area contributed by atoms with Crippen LogP contribution in [-0.2, 0) is 19.1 Å². The van der Waals surface area contributed by atoms with E-state index in [2.05, 4.69) is 0 Å². The van der Waals surface area contributed by atoms with Crippen LogP contribution in [0.5, 0.6) is 0 Å². The van der Waals surface area contributed by atoms with Crippen molar-refractivity contribution in [3.05, 3.63) is 71.8 Å². The lowest BCUT2D eigenvalue weighted by Crippen LogP contribution is -2.52. The third kappa shape index (κ3) is 2.76. The molecule has 1 saturated carbocycles. The average molecular weight is 379 g/mol. The lowest BCUT2D eigenvalue weighted by molar-refractivity contribution is -0.146. The van der Waals surface area contributed by atoms with Crippen molar-refractivity contribution in [1.29, 1.82) is 0 Å². The van der Waals surface area contributed by atoms with Gasteiger partial charge in [-0.1, -0.05) is 48.5 Å². The summed E-state index contributed by atoms with van der Waals surface area (Å²) < 4.78 is 10.5. The second-order valence-electron chi connectivity index (χ2n) is 7.33. The number of nitrogens with zero attached hydrogens (tertiary/aromatic N) is 1. The zero-order valence-corrected chi connectivity index (χ0v) is 15.7. The largest absolute Gasteiger partial charge is 0.469 e. The molecule has 1 aliphatic carbocycles. The maximum Gasteiger partial charge on any atom is 0.334 e. The highest BCUT2D eigenvalue weighted by Crippen LogP contribution is 2.55. The fourth-order valence-corrected chi connectivity index (χ4v) is 4.05. The summed E-state index contributed by atoms with van der Waals surface area (Å²) in [4.78, 5) is 39.9. The summed E-state index contributed by atoms with van der Waals surface area (Å²) in [6.07, 6.45) is -0.358. The molecule has 6 heteroatoms. The molecule has 0 bridgehead atoms. The highest BCUT2D eigenvalue weighted by atomic mass is 16.6. The summed E-state index contributed by atoms with van der Waals surface area (Å²) >= 11 is 0. The molecule has 1 aliphatic heterocycles. The van der Waals surface area contributed by atoms with E-state index >= 15 is 0 Å². The van der Waals surface area contributed by atoms with Gasteiger partial charge >= 0.3 is 11.9 Å². The van der Waals surface area contributed by atoms with Crippen LogP contribution in [0.3, 0.4) is 0 Å². The molecule has 0 N–H and O–H groups in total. The van der Waals surface area contributed by atoms with Crippen molar-refractivity contribution in [1.82, 2.24) is 4.90 Å². The van der Waals surface area contributed by atoms with Crippen LogP contribution in [0.15, 0.2) is 60.7 Å². The third-order valence-electron chi connectivity index (χ3n) is 5.71. The van der Waals surface area contributed by atoms with Gasteiger partial charge in [-0.05, 0) is 25.5 Å². The van der Waals surface area contributed by atoms with Crippen LogP contribution in [0, 0.1) is 11.8 Å². The van der Waals surface area contributed by atoms with Gasteiger partial charge in [0.15, 0.2) is 0 Å². The van der Waals surface area contributed by atoms with Gasteiger partial charge in [-0.25, -0.2) is 4.79 Å². The van der Waals surface area contributed by atoms with E-state index in [-0.39, 0.29) is 17.8 Å². The molecule has 0 aromatic heterocycles. The van der Waals surface area contributed by atoms with Crippen LogP contribution in [-0.4, -0.2) is 35.4 Å². The van der Waals surface area contributed by atoms with Gasteiger partial charge in [0.05, 0.1) is 13.0 Å². The van der Waals surface area contributed by atoms with E-state index in [0.29, 0.717) is 17.5 Å². The van der Waals surface area contributed by atoms with Crippen LogP contribution in [0.4, 0.5) is 0 Å². The Balaban J connectivity index is 1.77. The van der Waals surface area contributed by atoms with Crippen LogP contribution < -0.4 is 0 Å². The Morgan fingerprint density at radius 2 is 1.68 bits per heavy atom. The fourth-order valence-electron chi connectivity index (χ4n) is 4.05. The van der Waals surface area contributed by atoms with E-state index in [4.69, 9.17) is 9.47 Å². The zero-order valence-electron chi connectivity index (χ0n) is 15.7. The van der Waals surface area contributed by atoms with Crippen LogP contribution in [0.1, 0.15) is 35.5 Å². The third-order valence-corrected chi connectivity index (χ3v) is 5.71. The van der Waals surface area contributed by atoms with E-state index < -0.39 is 23.7 Å². The monoisotopic (exact) mass is 379 g/mol. The van der Waals surface area contributed by atoms with Crippen LogP contribution >= 0.6 is 0 Å². The van der Waals surface area contributed by atoms with Gasteiger partial charge in [0.1, 0.15) is 5.54 Å². The first-order valence-electron chi connectivity index (χ1n) is 9.21. The maximum atomic E-state index is 13.4. The predicted molar refractivity (Wildman–Crippen MR) is 99.9 cm³/mol. The first-order valence-corrected chi connectivity index (χ1v) is 9.21. The zero-order chi connectivity index (χ0) is 19.9. The molecular formula is C22H21NO5. The van der Waals surface area contributed by atoms with Gasteiger partial charge in [-0.3, -0.25) is 14.5 Å². The Labute approximate surface area is 163 Å². The van der Waals surface area contributed by atoms with Gasteiger partial charge in [0, 0.05) is 17.0 Å². The van der Waals surface area contributed by atoms with E-state index in [9.17, 15) is 14.4 Å². The Kier molecular flexibility index (Phi) is 4.41. The molecule has 4 atom stereocenters. The van der Waals surface area contributed by atoms with Gasteiger partial charge in [-0.15, -0.1) is 0 Å². The first kappa shape index (κ1) is 18.2. The van der Waals surface area contributed by atoms with Crippen molar-refractivity contribution in [3.63, 3.8) is 0 Å². The van der Waals surface area contributed by atoms with Crippen LogP contribution in [0.2, 0.25) is 0 Å². The van der Waals surface area contributed by atoms with Crippen molar-refractivity contribution in [2.45, 2.75) is 25.1 Å². The molecule has 0 spiro atoms. The van der Waals surface area contributed by atoms with Gasteiger partial charge in [0.25, 0.3) is 5.91 Å². The summed E-state index contributed by atoms with van der Waals surface area (Å²) in [5.74, 6) is -1.92. The second-order valence-corrected chi connectivity index (χ2v) is 7.33. The molecule has 6 nitrogen and oxygen atoms in total. The Morgan fingerprint density at radius 3 is 2.29 bits per heavy atom. The summed E-state index contributed by atoms with van der Waals surface area (Å²) in [5.41, 5.74) is -0.0749. The molecule has 2 aliphatic rings. The SMILES string of the molecule is COC(=O)[C@@H]1C[C@H]1[C@@]1(C)C(=O)O[C@H](c2ccccc2)N1C(=O)c1ccccc1. The number of hydrogen-bond donors (Lipinski definition) is 0. The van der Waals surface area contributed by atoms with Crippen molar-refractivity contribution in [2.24, 2.45) is 11.8 Å². The molecule has 2 aromatic rings. The summed E-state index contributed by atoms with van der Waals surface area (Å²) in [6, 6.07) is 17.9. The lowest BCUT2D eigenvalue weighted by atomic mass is 9.91. The molecule has 2 aromatic carbocycles. The standard InChI is InChI=1S/C22H21NO5/c1-22(17-13-16(17)20(25)27-2)21(26)28-19(15-11-7-4-8-12-15)23(22)18(24)14-9-5-3-6-10-14/h3-12,16-17,19H,13H2,1-2H3/t16-,17-,19-,22+/m1/s1. The van der Waals surface area contributed by atoms with E-state index in [0.717, 1.165) is 0 Å². The minimum Gasteiger partial charge on any atom is -0.469 e. The number of esters is 2. The summed E-state index contributed by atoms with van der Waals surface area (Å²) in [5, 5.41) is 0. The summed E-state index contributed by atoms with van der Waals surface area (Å²) in [6.45, 7) is 1.69. The first-order chi connectivity index (χ1) is 13.5. The van der Waals surface area contributed by atoms with E-state index in [1.165, 1.54) is 12.0 Å². The highest BCUT2D eigenvalue weighted by Gasteiger charge is 2.67. The number of hydrogen-bond acceptors (Lipinski definition) is 5. The maximum absolute atomic E-state index is 13.4. The second kappa shape index (κ2) is 6.78. The van der Waals surface area contributed by atoms with Crippen LogP contribution in [0.25, 0.3) is 0 Å². The molecule has 1 saturated heterocycles. The number of carbonyl (C=O) groups excluding carboxylic acids is 3. The molecule has 0 radical (unpaired) electrons.